The predicted octanol–water partition coefficient (Wildman–Crippen LogP) is 4.32. The van der Waals surface area contributed by atoms with Crippen LogP contribution < -0.4 is 9.80 Å². The molecular weight excluding hydrogens is 401 g/mol. The lowest BCUT2D eigenvalue weighted by molar-refractivity contribution is 0.393. The maximum absolute atomic E-state index is 13.1. The minimum Gasteiger partial charge on any atom is -0.329 e. The number of benzene rings is 2. The number of hydrogen-bond acceptors (Lipinski definition) is 5. The van der Waals surface area contributed by atoms with E-state index < -0.39 is 5.41 Å². The van der Waals surface area contributed by atoms with E-state index in [0.717, 1.165) is 41.2 Å². The molecule has 3 aliphatic rings. The van der Waals surface area contributed by atoms with Crippen molar-refractivity contribution in [1.29, 1.82) is 0 Å². The number of nitrogens with zero attached hydrogens (tertiary/aromatic N) is 5. The van der Waals surface area contributed by atoms with E-state index in [9.17, 15) is 4.39 Å². The van der Waals surface area contributed by atoms with Crippen LogP contribution in [0.3, 0.4) is 0 Å². The molecule has 0 spiro atoms. The lowest BCUT2D eigenvalue weighted by Crippen LogP contribution is -2.39. The van der Waals surface area contributed by atoms with Crippen LogP contribution in [0.5, 0.6) is 0 Å². The molecule has 0 unspecified atom stereocenters. The zero-order valence-electron chi connectivity index (χ0n) is 16.9. The molecule has 0 atom stereocenters. The maximum Gasteiger partial charge on any atom is 0.250 e. The molecule has 0 aromatic heterocycles. The molecule has 2 aromatic carbocycles. The van der Waals surface area contributed by atoms with Gasteiger partial charge < -0.3 is 4.90 Å². The fraction of sp³-hybridized carbons (Fsp3) is 0.304. The van der Waals surface area contributed by atoms with Gasteiger partial charge in [-0.15, -0.1) is 5.10 Å². The van der Waals surface area contributed by atoms with E-state index in [1.807, 2.05) is 71.4 Å². The molecule has 152 valence electrons. The molecule has 0 radical (unpaired) electrons. The van der Waals surface area contributed by atoms with Gasteiger partial charge in [0.2, 0.25) is 0 Å². The summed E-state index contributed by atoms with van der Waals surface area (Å²) >= 11 is 6.28. The summed E-state index contributed by atoms with van der Waals surface area (Å²) in [7, 11) is 3.89. The number of amidine groups is 1. The third kappa shape index (κ3) is 3.29. The van der Waals surface area contributed by atoms with Gasteiger partial charge in [-0.25, -0.2) is 4.39 Å². The van der Waals surface area contributed by atoms with Crippen molar-refractivity contribution < 1.29 is 4.39 Å². The average molecular weight is 422 g/mol. The fourth-order valence-electron chi connectivity index (χ4n) is 3.66. The van der Waals surface area contributed by atoms with Gasteiger partial charge >= 0.3 is 0 Å². The Balaban J connectivity index is 1.52. The van der Waals surface area contributed by atoms with Crippen LogP contribution in [0.15, 0.2) is 52.6 Å². The zero-order chi connectivity index (χ0) is 20.9. The highest BCUT2D eigenvalue weighted by Gasteiger charge is 2.41. The van der Waals surface area contributed by atoms with Gasteiger partial charge in [0, 0.05) is 35.9 Å². The van der Waals surface area contributed by atoms with Crippen molar-refractivity contribution in [2.24, 2.45) is 15.5 Å². The molecule has 30 heavy (non-hydrogen) atoms. The van der Waals surface area contributed by atoms with E-state index in [1.165, 1.54) is 0 Å². The molecule has 7 heteroatoms. The second kappa shape index (κ2) is 7.03. The SMILES string of the molecule is CN1CN2C(=N1)N=C(N(C)c1cccc(C#CC3(CF)CC3)c1)c1ccc(Cl)cc12. The summed E-state index contributed by atoms with van der Waals surface area (Å²) in [6.07, 6.45) is 1.69. The lowest BCUT2D eigenvalue weighted by atomic mass is 10.1. The van der Waals surface area contributed by atoms with Crippen LogP contribution >= 0.6 is 11.6 Å². The van der Waals surface area contributed by atoms with Crippen LogP contribution in [0.4, 0.5) is 15.8 Å². The Morgan fingerprint density at radius 3 is 2.83 bits per heavy atom. The van der Waals surface area contributed by atoms with Crippen molar-refractivity contribution in [2.75, 3.05) is 37.2 Å². The Hall–Kier alpha value is -3.04. The van der Waals surface area contributed by atoms with Crippen LogP contribution in [0.25, 0.3) is 0 Å². The Labute approximate surface area is 180 Å². The summed E-state index contributed by atoms with van der Waals surface area (Å²) in [4.78, 5) is 8.90. The van der Waals surface area contributed by atoms with Crippen molar-refractivity contribution in [1.82, 2.24) is 5.01 Å². The van der Waals surface area contributed by atoms with Gasteiger partial charge in [-0.1, -0.05) is 29.5 Å². The van der Waals surface area contributed by atoms with Gasteiger partial charge in [0.1, 0.15) is 19.2 Å². The topological polar surface area (TPSA) is 34.4 Å². The van der Waals surface area contributed by atoms with Crippen LogP contribution in [-0.4, -0.2) is 44.2 Å². The van der Waals surface area contributed by atoms with Crippen molar-refractivity contribution in [3.8, 4) is 11.8 Å². The first-order valence-corrected chi connectivity index (χ1v) is 10.2. The molecule has 1 saturated carbocycles. The van der Waals surface area contributed by atoms with E-state index in [1.54, 1.807) is 0 Å². The Kier molecular flexibility index (Phi) is 4.44. The maximum atomic E-state index is 13.1. The summed E-state index contributed by atoms with van der Waals surface area (Å²) < 4.78 is 13.1. The Bertz CT molecular complexity index is 1140. The number of rotatable bonds is 2. The van der Waals surface area contributed by atoms with Gasteiger partial charge in [-0.3, -0.25) is 9.91 Å². The first-order valence-electron chi connectivity index (χ1n) is 9.87. The molecule has 1 fully saturated rings. The number of anilines is 2. The number of guanidine groups is 1. The number of hydrogen-bond donors (Lipinski definition) is 0. The largest absolute Gasteiger partial charge is 0.329 e. The number of fused-ring (bicyclic) bond motifs is 3. The second-order valence-electron chi connectivity index (χ2n) is 8.00. The number of alkyl halides is 1. The van der Waals surface area contributed by atoms with E-state index in [0.29, 0.717) is 17.7 Å². The van der Waals surface area contributed by atoms with E-state index in [2.05, 4.69) is 16.9 Å². The summed E-state index contributed by atoms with van der Waals surface area (Å²) in [5, 5.41) is 7.04. The Morgan fingerprint density at radius 2 is 2.07 bits per heavy atom. The summed E-state index contributed by atoms with van der Waals surface area (Å²) in [6.45, 7) is 0.257. The normalized spacial score (nSPS) is 18.0. The van der Waals surface area contributed by atoms with Crippen molar-refractivity contribution in [2.45, 2.75) is 12.8 Å². The number of hydrazone groups is 1. The molecular formula is C23H21ClFN5. The smallest absolute Gasteiger partial charge is 0.250 e. The van der Waals surface area contributed by atoms with Crippen LogP contribution in [0.2, 0.25) is 5.02 Å². The van der Waals surface area contributed by atoms with E-state index in [-0.39, 0.29) is 6.67 Å². The van der Waals surface area contributed by atoms with Gasteiger partial charge in [-0.2, -0.15) is 4.99 Å². The first kappa shape index (κ1) is 19.0. The molecule has 0 bridgehead atoms. The van der Waals surface area contributed by atoms with E-state index >= 15 is 0 Å². The second-order valence-corrected chi connectivity index (χ2v) is 8.43. The van der Waals surface area contributed by atoms with Gasteiger partial charge in [0.05, 0.1) is 11.1 Å². The summed E-state index contributed by atoms with van der Waals surface area (Å²) in [6, 6.07) is 13.7. The highest BCUT2D eigenvalue weighted by molar-refractivity contribution is 6.32. The number of halogens is 2. The Morgan fingerprint density at radius 1 is 1.23 bits per heavy atom. The molecule has 2 heterocycles. The monoisotopic (exact) mass is 421 g/mol. The molecule has 5 rings (SSSR count). The van der Waals surface area contributed by atoms with Gasteiger partial charge in [0.15, 0.2) is 0 Å². The quantitative estimate of drug-likeness (QED) is 0.677. The third-order valence-corrected chi connectivity index (χ3v) is 5.91. The van der Waals surface area contributed by atoms with E-state index in [4.69, 9.17) is 16.6 Å². The third-order valence-electron chi connectivity index (χ3n) is 5.68. The fourth-order valence-corrected chi connectivity index (χ4v) is 3.83. The van der Waals surface area contributed by atoms with Crippen LogP contribution in [-0.2, 0) is 0 Å². The minimum absolute atomic E-state index is 0.372. The van der Waals surface area contributed by atoms with Gasteiger partial charge in [-0.05, 0) is 49.2 Å². The lowest BCUT2D eigenvalue weighted by Gasteiger charge is -2.31. The van der Waals surface area contributed by atoms with Crippen LogP contribution in [0.1, 0.15) is 24.0 Å². The first-order chi connectivity index (χ1) is 14.5. The van der Waals surface area contributed by atoms with Crippen LogP contribution in [0, 0.1) is 17.3 Å². The molecule has 2 aliphatic heterocycles. The van der Waals surface area contributed by atoms with Gasteiger partial charge in [0.25, 0.3) is 5.96 Å². The standard InChI is InChI=1S/C23H21ClFN5/c1-28-15-30-20-13-17(24)6-7-19(20)21(26-22(30)27-28)29(2)18-5-3-4-16(12-18)8-9-23(14-25)10-11-23/h3-7,12-13H,10-11,14-15H2,1-2H3. The minimum atomic E-state index is -0.413. The predicted molar refractivity (Wildman–Crippen MR) is 120 cm³/mol. The molecule has 2 aromatic rings. The van der Waals surface area contributed by atoms with Crippen molar-refractivity contribution in [3.63, 3.8) is 0 Å². The summed E-state index contributed by atoms with van der Waals surface area (Å²) in [5.74, 6) is 7.71. The van der Waals surface area contributed by atoms with Crippen molar-refractivity contribution in [3.05, 3.63) is 58.6 Å². The average Bonchev–Trinajstić information content (AvgIpc) is 3.44. The highest BCUT2D eigenvalue weighted by Crippen LogP contribution is 2.45. The number of aliphatic imine (C=N–C) groups is 1. The zero-order valence-corrected chi connectivity index (χ0v) is 17.6. The highest BCUT2D eigenvalue weighted by atomic mass is 35.5. The molecule has 0 N–H and O–H groups in total. The molecule has 0 amide bonds. The van der Waals surface area contributed by atoms with Crippen molar-refractivity contribution >= 4 is 34.8 Å². The molecule has 1 aliphatic carbocycles. The summed E-state index contributed by atoms with van der Waals surface area (Å²) in [5.41, 5.74) is 3.38. The molecule has 5 nitrogen and oxygen atoms in total. The molecule has 0 saturated heterocycles.